The molecule has 2 rings (SSSR count). The van der Waals surface area contributed by atoms with Gasteiger partial charge in [0.25, 0.3) is 5.91 Å². The number of hydrogen-bond acceptors (Lipinski definition) is 3. The maximum Gasteiger partial charge on any atom is 0.272 e. The van der Waals surface area contributed by atoms with Crippen molar-refractivity contribution in [3.05, 3.63) is 64.7 Å². The van der Waals surface area contributed by atoms with E-state index in [-0.39, 0.29) is 5.91 Å². The summed E-state index contributed by atoms with van der Waals surface area (Å²) >= 11 is 5.97. The molecule has 0 fully saturated rings. The summed E-state index contributed by atoms with van der Waals surface area (Å²) in [7, 11) is 0. The van der Waals surface area contributed by atoms with E-state index in [4.69, 9.17) is 16.3 Å². The average molecular weight is 331 g/mol. The Kier molecular flexibility index (Phi) is 6.63. The Morgan fingerprint density at radius 3 is 2.87 bits per heavy atom. The quantitative estimate of drug-likeness (QED) is 0.468. The van der Waals surface area contributed by atoms with Gasteiger partial charge in [-0.05, 0) is 36.2 Å². The van der Waals surface area contributed by atoms with Crippen LogP contribution in [0.15, 0.2) is 53.6 Å². The normalized spacial score (nSPS) is 10.7. The number of benzene rings is 2. The molecule has 1 amide bonds. The van der Waals surface area contributed by atoms with Crippen LogP contribution in [0.25, 0.3) is 0 Å². The molecule has 0 heterocycles. The molecule has 0 aromatic heterocycles. The average Bonchev–Trinajstić information content (AvgIpc) is 2.56. The monoisotopic (exact) mass is 330 g/mol. The molecule has 0 aliphatic rings. The van der Waals surface area contributed by atoms with Gasteiger partial charge in [-0.25, -0.2) is 5.43 Å². The number of nitrogens with one attached hydrogen (secondary N) is 1. The standard InChI is InChI=1S/C18H19ClN2O2/c1-2-3-11-23-15-8-6-7-14(12-15)13-20-21-18(22)16-9-4-5-10-17(16)19/h4-10,12-13H,2-3,11H2,1H3,(H,21,22)/b20-13-. The molecule has 23 heavy (non-hydrogen) atoms. The van der Waals surface area contributed by atoms with Crippen LogP contribution in [-0.2, 0) is 0 Å². The molecule has 0 radical (unpaired) electrons. The number of ether oxygens (including phenoxy) is 1. The highest BCUT2D eigenvalue weighted by molar-refractivity contribution is 6.33. The lowest BCUT2D eigenvalue weighted by molar-refractivity contribution is 0.0955. The van der Waals surface area contributed by atoms with Gasteiger partial charge in [-0.2, -0.15) is 5.10 Å². The number of nitrogens with zero attached hydrogens (tertiary/aromatic N) is 1. The first-order valence-corrected chi connectivity index (χ1v) is 7.89. The molecule has 1 N–H and O–H groups in total. The third-order valence-electron chi connectivity index (χ3n) is 3.12. The molecule has 0 aliphatic heterocycles. The second-order valence-corrected chi connectivity index (χ2v) is 5.36. The highest BCUT2D eigenvalue weighted by Gasteiger charge is 2.07. The SMILES string of the molecule is CCCCOc1cccc(/C=N\NC(=O)c2ccccc2Cl)c1. The summed E-state index contributed by atoms with van der Waals surface area (Å²) in [5, 5.41) is 4.35. The first kappa shape index (κ1) is 17.0. The number of amides is 1. The zero-order valence-corrected chi connectivity index (χ0v) is 13.7. The second-order valence-electron chi connectivity index (χ2n) is 4.95. The lowest BCUT2D eigenvalue weighted by Gasteiger charge is -2.05. The fraction of sp³-hybridized carbons (Fsp3) is 0.222. The number of carbonyl (C=O) groups is 1. The van der Waals surface area contributed by atoms with E-state index in [1.807, 2.05) is 24.3 Å². The van der Waals surface area contributed by atoms with Crippen LogP contribution in [-0.4, -0.2) is 18.7 Å². The summed E-state index contributed by atoms with van der Waals surface area (Å²) in [6.45, 7) is 2.81. The van der Waals surface area contributed by atoms with Gasteiger partial charge < -0.3 is 4.74 Å². The molecule has 120 valence electrons. The van der Waals surface area contributed by atoms with E-state index in [0.717, 1.165) is 24.2 Å². The zero-order valence-electron chi connectivity index (χ0n) is 13.0. The van der Waals surface area contributed by atoms with Gasteiger partial charge in [0.2, 0.25) is 0 Å². The molecule has 0 atom stereocenters. The Bertz CT molecular complexity index is 686. The highest BCUT2D eigenvalue weighted by Crippen LogP contribution is 2.15. The molecule has 2 aromatic rings. The summed E-state index contributed by atoms with van der Waals surface area (Å²) in [6.07, 6.45) is 3.68. The Labute approximate surface area is 141 Å². The second kappa shape index (κ2) is 8.96. The Morgan fingerprint density at radius 2 is 2.09 bits per heavy atom. The van der Waals surface area contributed by atoms with Crippen molar-refractivity contribution >= 4 is 23.7 Å². The summed E-state index contributed by atoms with van der Waals surface area (Å²) in [4.78, 5) is 12.0. The minimum absolute atomic E-state index is 0.345. The molecule has 0 saturated heterocycles. The van der Waals surface area contributed by atoms with Gasteiger partial charge in [0, 0.05) is 0 Å². The number of halogens is 1. The van der Waals surface area contributed by atoms with Crippen molar-refractivity contribution in [3.63, 3.8) is 0 Å². The van der Waals surface area contributed by atoms with Crippen LogP contribution in [0.2, 0.25) is 5.02 Å². The van der Waals surface area contributed by atoms with Crippen LogP contribution in [0.3, 0.4) is 0 Å². The van der Waals surface area contributed by atoms with E-state index in [9.17, 15) is 4.79 Å². The highest BCUT2D eigenvalue weighted by atomic mass is 35.5. The summed E-state index contributed by atoms with van der Waals surface area (Å²) in [6, 6.07) is 14.4. The molecule has 2 aromatic carbocycles. The van der Waals surface area contributed by atoms with Crippen LogP contribution in [0.1, 0.15) is 35.7 Å². The number of hydrogen-bond donors (Lipinski definition) is 1. The van der Waals surface area contributed by atoms with Crippen molar-refractivity contribution in [1.82, 2.24) is 5.43 Å². The maximum absolute atomic E-state index is 12.0. The fourth-order valence-corrected chi connectivity index (χ4v) is 2.11. The van der Waals surface area contributed by atoms with E-state index >= 15 is 0 Å². The first-order chi connectivity index (χ1) is 11.2. The van der Waals surface area contributed by atoms with Crippen LogP contribution >= 0.6 is 11.6 Å². The molecule has 0 saturated carbocycles. The molecular formula is C18H19ClN2O2. The van der Waals surface area contributed by atoms with E-state index in [1.54, 1.807) is 30.5 Å². The van der Waals surface area contributed by atoms with Crippen LogP contribution in [0.5, 0.6) is 5.75 Å². The summed E-state index contributed by atoms with van der Waals surface area (Å²) in [5.41, 5.74) is 3.70. The van der Waals surface area contributed by atoms with Crippen molar-refractivity contribution in [2.75, 3.05) is 6.61 Å². The molecule has 5 heteroatoms. The Morgan fingerprint density at radius 1 is 1.26 bits per heavy atom. The van der Waals surface area contributed by atoms with Gasteiger partial charge in [-0.3, -0.25) is 4.79 Å². The molecule has 0 bridgehead atoms. The lowest BCUT2D eigenvalue weighted by atomic mass is 10.2. The third kappa shape index (κ3) is 5.42. The van der Waals surface area contributed by atoms with Crippen molar-refractivity contribution in [2.45, 2.75) is 19.8 Å². The van der Waals surface area contributed by atoms with Gasteiger partial charge in [0.15, 0.2) is 0 Å². The largest absolute Gasteiger partial charge is 0.494 e. The lowest BCUT2D eigenvalue weighted by Crippen LogP contribution is -2.17. The van der Waals surface area contributed by atoms with Gasteiger partial charge in [-0.15, -0.1) is 0 Å². The van der Waals surface area contributed by atoms with Gasteiger partial charge in [0.1, 0.15) is 5.75 Å². The third-order valence-corrected chi connectivity index (χ3v) is 3.45. The van der Waals surface area contributed by atoms with Crippen molar-refractivity contribution < 1.29 is 9.53 Å². The van der Waals surface area contributed by atoms with Crippen LogP contribution in [0, 0.1) is 0 Å². The zero-order chi connectivity index (χ0) is 16.5. The number of carbonyl (C=O) groups excluding carboxylic acids is 1. The van der Waals surface area contributed by atoms with E-state index in [1.165, 1.54) is 0 Å². The molecule has 0 spiro atoms. The van der Waals surface area contributed by atoms with E-state index in [2.05, 4.69) is 17.5 Å². The molecule has 4 nitrogen and oxygen atoms in total. The first-order valence-electron chi connectivity index (χ1n) is 7.51. The van der Waals surface area contributed by atoms with Gasteiger partial charge in [0.05, 0.1) is 23.4 Å². The topological polar surface area (TPSA) is 50.7 Å². The fourth-order valence-electron chi connectivity index (χ4n) is 1.89. The van der Waals surface area contributed by atoms with Crippen LogP contribution in [0.4, 0.5) is 0 Å². The number of rotatable bonds is 7. The predicted octanol–water partition coefficient (Wildman–Crippen LogP) is 4.28. The minimum Gasteiger partial charge on any atom is -0.494 e. The molecular weight excluding hydrogens is 312 g/mol. The maximum atomic E-state index is 12.0. The number of hydrazone groups is 1. The predicted molar refractivity (Wildman–Crippen MR) is 93.4 cm³/mol. The van der Waals surface area contributed by atoms with Crippen molar-refractivity contribution in [1.29, 1.82) is 0 Å². The summed E-state index contributed by atoms with van der Waals surface area (Å²) < 4.78 is 5.63. The van der Waals surface area contributed by atoms with Crippen LogP contribution < -0.4 is 10.2 Å². The smallest absolute Gasteiger partial charge is 0.272 e. The number of unbranched alkanes of at least 4 members (excludes halogenated alkanes) is 1. The van der Waals surface area contributed by atoms with Crippen molar-refractivity contribution in [3.8, 4) is 5.75 Å². The van der Waals surface area contributed by atoms with Gasteiger partial charge >= 0.3 is 0 Å². The molecule has 0 aliphatic carbocycles. The minimum atomic E-state index is -0.345. The molecule has 0 unspecified atom stereocenters. The summed E-state index contributed by atoms with van der Waals surface area (Å²) in [5.74, 6) is 0.446. The van der Waals surface area contributed by atoms with E-state index < -0.39 is 0 Å². The van der Waals surface area contributed by atoms with E-state index in [0.29, 0.717) is 17.2 Å². The Balaban J connectivity index is 1.94. The van der Waals surface area contributed by atoms with Gasteiger partial charge in [-0.1, -0.05) is 49.2 Å². The Hall–Kier alpha value is -2.33. The van der Waals surface area contributed by atoms with Crippen molar-refractivity contribution in [2.24, 2.45) is 5.10 Å².